The smallest absolute Gasteiger partial charge is 0.412 e. The molecule has 1 aromatic rings. The van der Waals surface area contributed by atoms with Crippen LogP contribution in [0.2, 0.25) is 0 Å². The van der Waals surface area contributed by atoms with E-state index in [1.807, 2.05) is 39.0 Å². The molecule has 0 spiro atoms. The van der Waals surface area contributed by atoms with E-state index < -0.39 is 11.7 Å². The van der Waals surface area contributed by atoms with E-state index in [0.717, 1.165) is 5.56 Å². The Bertz CT molecular complexity index is 466. The SMILES string of the molecule is CC(=O)SCc1ccccc1NC(=O)OC(C)(C)C. The zero-order valence-electron chi connectivity index (χ0n) is 11.6. The molecule has 0 aliphatic heterocycles. The summed E-state index contributed by atoms with van der Waals surface area (Å²) in [5, 5.41) is 2.75. The summed E-state index contributed by atoms with van der Waals surface area (Å²) in [6.07, 6.45) is -0.493. The molecule has 0 heterocycles. The molecule has 0 atom stereocenters. The lowest BCUT2D eigenvalue weighted by atomic mass is 10.2. The highest BCUT2D eigenvalue weighted by Gasteiger charge is 2.17. The molecule has 19 heavy (non-hydrogen) atoms. The molecule has 4 nitrogen and oxygen atoms in total. The topological polar surface area (TPSA) is 55.4 Å². The van der Waals surface area contributed by atoms with Crippen LogP contribution in [0.1, 0.15) is 33.3 Å². The Morgan fingerprint density at radius 2 is 1.89 bits per heavy atom. The van der Waals surface area contributed by atoms with Gasteiger partial charge in [-0.05, 0) is 32.4 Å². The number of amides is 1. The predicted molar refractivity (Wildman–Crippen MR) is 78.3 cm³/mol. The number of benzene rings is 1. The predicted octanol–water partition coefficient (Wildman–Crippen LogP) is 3.81. The van der Waals surface area contributed by atoms with Crippen molar-refractivity contribution in [2.75, 3.05) is 5.32 Å². The largest absolute Gasteiger partial charge is 0.444 e. The fraction of sp³-hybridized carbons (Fsp3) is 0.429. The van der Waals surface area contributed by atoms with E-state index in [4.69, 9.17) is 4.74 Å². The fourth-order valence-corrected chi connectivity index (χ4v) is 1.97. The second-order valence-corrected chi connectivity index (χ2v) is 6.22. The van der Waals surface area contributed by atoms with Crippen LogP contribution >= 0.6 is 11.8 Å². The fourth-order valence-electron chi connectivity index (χ4n) is 1.36. The van der Waals surface area contributed by atoms with E-state index in [-0.39, 0.29) is 5.12 Å². The average molecular weight is 281 g/mol. The quantitative estimate of drug-likeness (QED) is 0.915. The number of carbonyl (C=O) groups excluding carboxylic acids is 2. The van der Waals surface area contributed by atoms with Gasteiger partial charge >= 0.3 is 6.09 Å². The first-order valence-corrected chi connectivity index (χ1v) is 6.98. The number of rotatable bonds is 3. The highest BCUT2D eigenvalue weighted by molar-refractivity contribution is 8.12. The van der Waals surface area contributed by atoms with Gasteiger partial charge in [0.2, 0.25) is 0 Å². The van der Waals surface area contributed by atoms with E-state index in [1.54, 1.807) is 6.07 Å². The molecular formula is C14H19NO3S. The monoisotopic (exact) mass is 281 g/mol. The highest BCUT2D eigenvalue weighted by atomic mass is 32.2. The maximum absolute atomic E-state index is 11.7. The molecule has 1 rings (SSSR count). The molecule has 0 aliphatic carbocycles. The van der Waals surface area contributed by atoms with Crippen molar-refractivity contribution in [3.05, 3.63) is 29.8 Å². The molecular weight excluding hydrogens is 262 g/mol. The first-order chi connectivity index (χ1) is 8.78. The first kappa shape index (κ1) is 15.6. The average Bonchev–Trinajstić information content (AvgIpc) is 2.25. The Labute approximate surface area is 117 Å². The van der Waals surface area contributed by atoms with Gasteiger partial charge in [0.25, 0.3) is 0 Å². The molecule has 104 valence electrons. The normalized spacial score (nSPS) is 10.9. The van der Waals surface area contributed by atoms with Crippen LogP contribution < -0.4 is 5.32 Å². The number of ether oxygens (including phenoxy) is 1. The van der Waals surface area contributed by atoms with Gasteiger partial charge in [0.05, 0.1) is 0 Å². The van der Waals surface area contributed by atoms with Crippen molar-refractivity contribution >= 4 is 28.7 Å². The van der Waals surface area contributed by atoms with E-state index in [2.05, 4.69) is 5.32 Å². The number of para-hydroxylation sites is 1. The molecule has 1 N–H and O–H groups in total. The summed E-state index contributed by atoms with van der Waals surface area (Å²) in [6, 6.07) is 7.37. The van der Waals surface area contributed by atoms with E-state index in [0.29, 0.717) is 11.4 Å². The summed E-state index contributed by atoms with van der Waals surface area (Å²) in [7, 11) is 0. The third-order valence-electron chi connectivity index (χ3n) is 2.08. The van der Waals surface area contributed by atoms with Gasteiger partial charge in [-0.1, -0.05) is 30.0 Å². The summed E-state index contributed by atoms with van der Waals surface area (Å²) in [5.74, 6) is 0.529. The lowest BCUT2D eigenvalue weighted by molar-refractivity contribution is -0.109. The van der Waals surface area contributed by atoms with Gasteiger partial charge in [-0.2, -0.15) is 0 Å². The van der Waals surface area contributed by atoms with Crippen LogP contribution in [0.15, 0.2) is 24.3 Å². The summed E-state index contributed by atoms with van der Waals surface area (Å²) >= 11 is 1.21. The minimum absolute atomic E-state index is 0.0482. The molecule has 0 saturated heterocycles. The van der Waals surface area contributed by atoms with Gasteiger partial charge in [0, 0.05) is 18.4 Å². The van der Waals surface area contributed by atoms with Gasteiger partial charge in [0.1, 0.15) is 5.60 Å². The lowest BCUT2D eigenvalue weighted by Crippen LogP contribution is -2.27. The van der Waals surface area contributed by atoms with Gasteiger partial charge in [-0.25, -0.2) is 4.79 Å². The zero-order chi connectivity index (χ0) is 14.5. The number of nitrogens with one attached hydrogen (secondary N) is 1. The maximum Gasteiger partial charge on any atom is 0.412 e. The summed E-state index contributed by atoms with van der Waals surface area (Å²) in [4.78, 5) is 22.7. The van der Waals surface area contributed by atoms with Crippen LogP contribution in [0, 0.1) is 0 Å². The van der Waals surface area contributed by atoms with Crippen LogP contribution in [0.3, 0.4) is 0 Å². The van der Waals surface area contributed by atoms with Crippen molar-refractivity contribution in [1.29, 1.82) is 0 Å². The lowest BCUT2D eigenvalue weighted by Gasteiger charge is -2.20. The van der Waals surface area contributed by atoms with Crippen molar-refractivity contribution in [2.24, 2.45) is 0 Å². The Morgan fingerprint density at radius 1 is 1.26 bits per heavy atom. The van der Waals surface area contributed by atoms with Crippen LogP contribution in [-0.2, 0) is 15.3 Å². The molecule has 0 aromatic heterocycles. The van der Waals surface area contributed by atoms with Crippen molar-refractivity contribution in [1.82, 2.24) is 0 Å². The minimum Gasteiger partial charge on any atom is -0.444 e. The Morgan fingerprint density at radius 3 is 2.47 bits per heavy atom. The number of hydrogen-bond acceptors (Lipinski definition) is 4. The van der Waals surface area contributed by atoms with Crippen LogP contribution in [0.25, 0.3) is 0 Å². The third-order valence-corrected chi connectivity index (χ3v) is 2.95. The van der Waals surface area contributed by atoms with E-state index in [9.17, 15) is 9.59 Å². The van der Waals surface area contributed by atoms with E-state index in [1.165, 1.54) is 18.7 Å². The molecule has 1 aromatic carbocycles. The van der Waals surface area contributed by atoms with Gasteiger partial charge in [-0.3, -0.25) is 10.1 Å². The Hall–Kier alpha value is -1.49. The molecule has 0 aliphatic rings. The van der Waals surface area contributed by atoms with Crippen molar-refractivity contribution in [2.45, 2.75) is 39.0 Å². The molecule has 0 radical (unpaired) electrons. The second kappa shape index (κ2) is 6.61. The number of anilines is 1. The van der Waals surface area contributed by atoms with Gasteiger partial charge in [-0.15, -0.1) is 0 Å². The Balaban J connectivity index is 2.72. The van der Waals surface area contributed by atoms with Crippen LogP contribution in [-0.4, -0.2) is 16.8 Å². The summed E-state index contributed by atoms with van der Waals surface area (Å²) in [6.45, 7) is 6.95. The number of carbonyl (C=O) groups is 2. The molecule has 0 fully saturated rings. The second-order valence-electron chi connectivity index (χ2n) is 5.06. The zero-order valence-corrected chi connectivity index (χ0v) is 12.5. The first-order valence-electron chi connectivity index (χ1n) is 5.99. The molecule has 0 unspecified atom stereocenters. The highest BCUT2D eigenvalue weighted by Crippen LogP contribution is 2.22. The molecule has 0 bridgehead atoms. The van der Waals surface area contributed by atoms with Crippen molar-refractivity contribution < 1.29 is 14.3 Å². The van der Waals surface area contributed by atoms with E-state index >= 15 is 0 Å². The maximum atomic E-state index is 11.7. The van der Waals surface area contributed by atoms with Crippen LogP contribution in [0.5, 0.6) is 0 Å². The minimum atomic E-state index is -0.535. The van der Waals surface area contributed by atoms with Crippen LogP contribution in [0.4, 0.5) is 10.5 Å². The standard InChI is InChI=1S/C14H19NO3S/c1-10(16)19-9-11-7-5-6-8-12(11)15-13(17)18-14(2,3)4/h5-8H,9H2,1-4H3,(H,15,17). The number of thioether (sulfide) groups is 1. The van der Waals surface area contributed by atoms with Gasteiger partial charge in [0.15, 0.2) is 5.12 Å². The molecule has 0 saturated carbocycles. The third kappa shape index (κ3) is 6.29. The van der Waals surface area contributed by atoms with Crippen molar-refractivity contribution in [3.63, 3.8) is 0 Å². The van der Waals surface area contributed by atoms with Crippen molar-refractivity contribution in [3.8, 4) is 0 Å². The van der Waals surface area contributed by atoms with Gasteiger partial charge < -0.3 is 4.74 Å². The molecule has 1 amide bonds. The molecule has 5 heteroatoms. The summed E-state index contributed by atoms with van der Waals surface area (Å²) < 4.78 is 5.20. The summed E-state index contributed by atoms with van der Waals surface area (Å²) in [5.41, 5.74) is 1.03. The number of hydrogen-bond donors (Lipinski definition) is 1. The Kier molecular flexibility index (Phi) is 5.42.